The summed E-state index contributed by atoms with van der Waals surface area (Å²) < 4.78 is 6.40. The van der Waals surface area contributed by atoms with Gasteiger partial charge in [0.25, 0.3) is 17.7 Å². The summed E-state index contributed by atoms with van der Waals surface area (Å²) in [4.78, 5) is 36.7. The normalized spacial score (nSPS) is 10.1. The quantitative estimate of drug-likeness (QED) is 0.270. The summed E-state index contributed by atoms with van der Waals surface area (Å²) in [7, 11) is 0. The summed E-state index contributed by atoms with van der Waals surface area (Å²) in [5.74, 6) is -0.616. The van der Waals surface area contributed by atoms with Crippen LogP contribution in [0.15, 0.2) is 71.2 Å². The van der Waals surface area contributed by atoms with Crippen molar-refractivity contribution in [1.29, 1.82) is 0 Å². The molecule has 3 rings (SSSR count). The number of carbonyl (C=O) groups is 3. The number of thiocarbonyl (C=S) groups is 1. The van der Waals surface area contributed by atoms with Gasteiger partial charge in [-0.05, 0) is 86.2 Å². The number of aryl methyl sites for hydroxylation is 2. The van der Waals surface area contributed by atoms with E-state index in [1.165, 1.54) is 0 Å². The molecular formula is C25H23BrN4O4S. The first-order chi connectivity index (χ1) is 16.7. The van der Waals surface area contributed by atoms with E-state index in [1.54, 1.807) is 42.5 Å². The van der Waals surface area contributed by atoms with Crippen LogP contribution < -0.4 is 26.2 Å². The third-order valence-electron chi connectivity index (χ3n) is 4.72. The van der Waals surface area contributed by atoms with E-state index in [0.717, 1.165) is 15.6 Å². The van der Waals surface area contributed by atoms with Crippen molar-refractivity contribution in [3.63, 3.8) is 0 Å². The molecule has 0 aliphatic heterocycles. The number of rotatable bonds is 6. The lowest BCUT2D eigenvalue weighted by Crippen LogP contribution is -2.49. The van der Waals surface area contributed by atoms with Gasteiger partial charge < -0.3 is 10.1 Å². The Hall–Kier alpha value is -3.76. The van der Waals surface area contributed by atoms with E-state index >= 15 is 0 Å². The monoisotopic (exact) mass is 554 g/mol. The van der Waals surface area contributed by atoms with Crippen LogP contribution in [0.4, 0.5) is 5.69 Å². The number of anilines is 1. The molecule has 0 aromatic heterocycles. The number of halogens is 1. The molecule has 3 aromatic carbocycles. The van der Waals surface area contributed by atoms with Gasteiger partial charge in [-0.2, -0.15) is 0 Å². The maximum absolute atomic E-state index is 12.3. The van der Waals surface area contributed by atoms with E-state index < -0.39 is 11.8 Å². The number of hydrogen-bond acceptors (Lipinski definition) is 5. The predicted molar refractivity (Wildman–Crippen MR) is 141 cm³/mol. The van der Waals surface area contributed by atoms with Gasteiger partial charge in [0.2, 0.25) is 0 Å². The van der Waals surface area contributed by atoms with Crippen LogP contribution in [0.2, 0.25) is 0 Å². The molecule has 0 saturated carbocycles. The topological polar surface area (TPSA) is 109 Å². The zero-order valence-electron chi connectivity index (χ0n) is 19.0. The van der Waals surface area contributed by atoms with Gasteiger partial charge in [0, 0.05) is 21.3 Å². The van der Waals surface area contributed by atoms with Crippen molar-refractivity contribution in [1.82, 2.24) is 16.2 Å². The Balaban J connectivity index is 1.43. The van der Waals surface area contributed by atoms with Gasteiger partial charge in [-0.3, -0.25) is 30.6 Å². The Morgan fingerprint density at radius 3 is 2.31 bits per heavy atom. The van der Waals surface area contributed by atoms with Crippen molar-refractivity contribution >= 4 is 56.7 Å². The highest BCUT2D eigenvalue weighted by Crippen LogP contribution is 2.22. The molecule has 35 heavy (non-hydrogen) atoms. The van der Waals surface area contributed by atoms with E-state index in [0.29, 0.717) is 22.6 Å². The minimum absolute atomic E-state index is 0.0819. The summed E-state index contributed by atoms with van der Waals surface area (Å²) in [5, 5.41) is 5.13. The molecule has 0 unspecified atom stereocenters. The molecule has 3 amide bonds. The fourth-order valence-corrected chi connectivity index (χ4v) is 3.63. The second-order valence-corrected chi connectivity index (χ2v) is 8.88. The van der Waals surface area contributed by atoms with Gasteiger partial charge in [0.05, 0.1) is 0 Å². The number of ether oxygens (including phenoxy) is 1. The Morgan fingerprint density at radius 1 is 0.886 bits per heavy atom. The third kappa shape index (κ3) is 7.90. The van der Waals surface area contributed by atoms with Crippen LogP contribution in [0.5, 0.6) is 5.75 Å². The molecule has 8 nitrogen and oxygen atoms in total. The summed E-state index contributed by atoms with van der Waals surface area (Å²) in [6.07, 6.45) is 0. The molecule has 0 spiro atoms. The van der Waals surface area contributed by atoms with Crippen molar-refractivity contribution < 1.29 is 19.1 Å². The van der Waals surface area contributed by atoms with E-state index in [4.69, 9.17) is 17.0 Å². The zero-order chi connectivity index (χ0) is 25.4. The van der Waals surface area contributed by atoms with Crippen molar-refractivity contribution in [2.75, 3.05) is 11.9 Å². The molecule has 10 heteroatoms. The molecule has 0 atom stereocenters. The van der Waals surface area contributed by atoms with Gasteiger partial charge in [-0.15, -0.1) is 0 Å². The minimum Gasteiger partial charge on any atom is -0.483 e. The van der Waals surface area contributed by atoms with E-state index in [1.807, 2.05) is 38.1 Å². The van der Waals surface area contributed by atoms with Crippen LogP contribution >= 0.6 is 28.1 Å². The number of carbonyl (C=O) groups excluding carboxylic acids is 3. The lowest BCUT2D eigenvalue weighted by atomic mass is 10.1. The van der Waals surface area contributed by atoms with Crippen LogP contribution in [0.25, 0.3) is 0 Å². The molecular weight excluding hydrogens is 532 g/mol. The number of nitrogens with one attached hydrogen (secondary N) is 4. The van der Waals surface area contributed by atoms with Crippen LogP contribution in [0.1, 0.15) is 31.8 Å². The fourth-order valence-electron chi connectivity index (χ4n) is 2.99. The van der Waals surface area contributed by atoms with Crippen LogP contribution in [0.3, 0.4) is 0 Å². The zero-order valence-corrected chi connectivity index (χ0v) is 21.4. The molecule has 0 radical (unpaired) electrons. The summed E-state index contributed by atoms with van der Waals surface area (Å²) in [6, 6.07) is 19.0. The summed E-state index contributed by atoms with van der Waals surface area (Å²) in [6.45, 7) is 3.53. The van der Waals surface area contributed by atoms with E-state index in [2.05, 4.69) is 37.4 Å². The van der Waals surface area contributed by atoms with Gasteiger partial charge in [0.1, 0.15) is 5.75 Å². The number of hydrogen-bond donors (Lipinski definition) is 4. The van der Waals surface area contributed by atoms with Crippen LogP contribution in [-0.2, 0) is 4.79 Å². The van der Waals surface area contributed by atoms with Crippen LogP contribution in [-0.4, -0.2) is 29.4 Å². The smallest absolute Gasteiger partial charge is 0.269 e. The first-order valence-corrected chi connectivity index (χ1v) is 11.7. The SMILES string of the molecule is Cc1cccc(C(=O)Nc2ccc(C(=O)NNC(=S)NC(=O)COc3ccc(Br)cc3C)cc2)c1. The Labute approximate surface area is 216 Å². The fraction of sp³-hybridized carbons (Fsp3) is 0.120. The molecule has 0 bridgehead atoms. The summed E-state index contributed by atoms with van der Waals surface area (Å²) >= 11 is 8.40. The second kappa shape index (κ2) is 12.1. The Bertz CT molecular complexity index is 1260. The highest BCUT2D eigenvalue weighted by Gasteiger charge is 2.11. The van der Waals surface area contributed by atoms with Crippen molar-refractivity contribution in [2.24, 2.45) is 0 Å². The third-order valence-corrected chi connectivity index (χ3v) is 5.42. The van der Waals surface area contributed by atoms with E-state index in [9.17, 15) is 14.4 Å². The molecule has 4 N–H and O–H groups in total. The van der Waals surface area contributed by atoms with Gasteiger partial charge >= 0.3 is 0 Å². The van der Waals surface area contributed by atoms with E-state index in [-0.39, 0.29) is 17.6 Å². The number of hydrazine groups is 1. The number of amides is 3. The van der Waals surface area contributed by atoms with Gasteiger partial charge in [-0.1, -0.05) is 33.6 Å². The highest BCUT2D eigenvalue weighted by molar-refractivity contribution is 9.10. The Kier molecular flexibility index (Phi) is 8.93. The maximum atomic E-state index is 12.3. The standard InChI is InChI=1S/C25H23BrN4O4S/c1-15-4-3-5-18(12-15)23(32)27-20-9-6-17(7-10-20)24(33)29-30-25(35)28-22(31)14-34-21-11-8-19(26)13-16(21)2/h3-13H,14H2,1-2H3,(H,27,32)(H,29,33)(H2,28,30,31,35). The largest absolute Gasteiger partial charge is 0.483 e. The van der Waals surface area contributed by atoms with Crippen molar-refractivity contribution in [3.05, 3.63) is 93.5 Å². The Morgan fingerprint density at radius 2 is 1.63 bits per heavy atom. The second-order valence-electron chi connectivity index (χ2n) is 7.56. The molecule has 0 saturated heterocycles. The molecule has 0 aliphatic carbocycles. The predicted octanol–water partition coefficient (Wildman–Crippen LogP) is 4.03. The van der Waals surface area contributed by atoms with Crippen LogP contribution in [0, 0.1) is 13.8 Å². The average molecular weight is 555 g/mol. The maximum Gasteiger partial charge on any atom is 0.269 e. The lowest BCUT2D eigenvalue weighted by molar-refractivity contribution is -0.121. The number of benzene rings is 3. The lowest BCUT2D eigenvalue weighted by Gasteiger charge is -2.12. The first kappa shape index (κ1) is 25.9. The average Bonchev–Trinajstić information content (AvgIpc) is 2.82. The van der Waals surface area contributed by atoms with Crippen molar-refractivity contribution in [3.8, 4) is 5.75 Å². The van der Waals surface area contributed by atoms with Gasteiger partial charge in [0.15, 0.2) is 11.7 Å². The molecule has 0 aliphatic rings. The molecule has 0 heterocycles. The van der Waals surface area contributed by atoms with Crippen molar-refractivity contribution in [2.45, 2.75) is 13.8 Å². The first-order valence-electron chi connectivity index (χ1n) is 10.5. The molecule has 0 fully saturated rings. The molecule has 3 aromatic rings. The highest BCUT2D eigenvalue weighted by atomic mass is 79.9. The van der Waals surface area contributed by atoms with Gasteiger partial charge in [-0.25, -0.2) is 0 Å². The molecule has 180 valence electrons. The summed E-state index contributed by atoms with van der Waals surface area (Å²) in [5.41, 5.74) is 8.16. The minimum atomic E-state index is -0.479.